The van der Waals surface area contributed by atoms with Crippen LogP contribution in [-0.4, -0.2) is 28.5 Å². The van der Waals surface area contributed by atoms with Gasteiger partial charge in [-0.05, 0) is 18.9 Å². The number of nitrogens with two attached hydrogens (primary N) is 1. The molecule has 0 unspecified atom stereocenters. The van der Waals surface area contributed by atoms with Crippen molar-refractivity contribution in [1.82, 2.24) is 9.97 Å². The largest absolute Gasteiger partial charge is 0.475 e. The molecule has 0 bridgehead atoms. The standard InChI is InChI=1S/C16H18N4O2/c1-4-9-12-10(18-8(2)19-14(12)17)7-11-13(9)20(3)15(21)16(22-11)5-6-16/h7H,4-6H2,1-3H3,(H2,17,18,19). The minimum atomic E-state index is -0.645. The molecule has 0 radical (unpaired) electrons. The second-order valence-electron chi connectivity index (χ2n) is 6.07. The maximum atomic E-state index is 12.6. The molecule has 114 valence electrons. The number of ether oxygens (including phenoxy) is 1. The number of carbonyl (C=O) groups is 1. The SMILES string of the molecule is CCc1c2c(cc3nc(C)nc(N)c13)OC1(CC1)C(=O)N2C. The Morgan fingerprint density at radius 2 is 2.14 bits per heavy atom. The number of rotatable bonds is 1. The molecule has 0 saturated heterocycles. The quantitative estimate of drug-likeness (QED) is 0.870. The summed E-state index contributed by atoms with van der Waals surface area (Å²) in [4.78, 5) is 23.0. The van der Waals surface area contributed by atoms with Crippen molar-refractivity contribution >= 4 is 28.3 Å². The van der Waals surface area contributed by atoms with Crippen molar-refractivity contribution in [3.63, 3.8) is 0 Å². The van der Waals surface area contributed by atoms with E-state index in [0.717, 1.165) is 47.2 Å². The molecule has 1 aromatic carbocycles. The molecule has 1 aliphatic heterocycles. The Hall–Kier alpha value is -2.37. The number of hydrogen-bond acceptors (Lipinski definition) is 5. The van der Waals surface area contributed by atoms with Crippen LogP contribution in [0.3, 0.4) is 0 Å². The summed E-state index contributed by atoms with van der Waals surface area (Å²) in [6.07, 6.45) is 2.28. The zero-order valence-corrected chi connectivity index (χ0v) is 12.9. The molecule has 2 N–H and O–H groups in total. The van der Waals surface area contributed by atoms with Gasteiger partial charge in [-0.25, -0.2) is 9.97 Å². The molecule has 22 heavy (non-hydrogen) atoms. The average molecular weight is 298 g/mol. The van der Waals surface area contributed by atoms with E-state index in [0.29, 0.717) is 11.6 Å². The number of likely N-dealkylation sites (N-methyl/N-ethyl adjacent to an activating group) is 1. The summed E-state index contributed by atoms with van der Waals surface area (Å²) in [6.45, 7) is 3.86. The fourth-order valence-electron chi connectivity index (χ4n) is 3.37. The van der Waals surface area contributed by atoms with Gasteiger partial charge >= 0.3 is 0 Å². The summed E-state index contributed by atoms with van der Waals surface area (Å²) in [5.74, 6) is 1.84. The van der Waals surface area contributed by atoms with Gasteiger partial charge in [-0.3, -0.25) is 4.79 Å². The molecule has 2 heterocycles. The van der Waals surface area contributed by atoms with Gasteiger partial charge in [0.15, 0.2) is 5.60 Å². The Kier molecular flexibility index (Phi) is 2.47. The molecule has 4 rings (SSSR count). The summed E-state index contributed by atoms with van der Waals surface area (Å²) in [6, 6.07) is 1.89. The third kappa shape index (κ3) is 1.58. The van der Waals surface area contributed by atoms with Crippen molar-refractivity contribution in [2.24, 2.45) is 0 Å². The van der Waals surface area contributed by atoms with Gasteiger partial charge in [0.1, 0.15) is 17.4 Å². The van der Waals surface area contributed by atoms with Crippen LogP contribution in [0.2, 0.25) is 0 Å². The van der Waals surface area contributed by atoms with Crippen LogP contribution >= 0.6 is 0 Å². The maximum absolute atomic E-state index is 12.6. The van der Waals surface area contributed by atoms with Crippen molar-refractivity contribution in [3.05, 3.63) is 17.5 Å². The first kappa shape index (κ1) is 13.3. The van der Waals surface area contributed by atoms with E-state index in [4.69, 9.17) is 10.5 Å². The molecule has 1 saturated carbocycles. The first-order chi connectivity index (χ1) is 10.5. The van der Waals surface area contributed by atoms with E-state index >= 15 is 0 Å². The maximum Gasteiger partial charge on any atom is 0.271 e. The number of aromatic nitrogens is 2. The highest BCUT2D eigenvalue weighted by molar-refractivity contribution is 6.08. The summed E-state index contributed by atoms with van der Waals surface area (Å²) in [5, 5.41) is 0.821. The van der Waals surface area contributed by atoms with Crippen LogP contribution in [0.1, 0.15) is 31.2 Å². The summed E-state index contributed by atoms with van der Waals surface area (Å²) in [5.41, 5.74) is 8.02. The summed E-state index contributed by atoms with van der Waals surface area (Å²) < 4.78 is 6.05. The minimum absolute atomic E-state index is 0.0284. The monoisotopic (exact) mass is 298 g/mol. The highest BCUT2D eigenvalue weighted by Gasteiger charge is 2.57. The highest BCUT2D eigenvalue weighted by atomic mass is 16.5. The van der Waals surface area contributed by atoms with E-state index in [1.54, 1.807) is 11.9 Å². The van der Waals surface area contributed by atoms with Gasteiger partial charge in [-0.15, -0.1) is 0 Å². The predicted molar refractivity (Wildman–Crippen MR) is 84.1 cm³/mol. The van der Waals surface area contributed by atoms with Crippen molar-refractivity contribution in [2.45, 2.75) is 38.7 Å². The van der Waals surface area contributed by atoms with E-state index in [9.17, 15) is 4.79 Å². The lowest BCUT2D eigenvalue weighted by molar-refractivity contribution is -0.127. The van der Waals surface area contributed by atoms with Crippen LogP contribution in [-0.2, 0) is 11.2 Å². The number of aryl methyl sites for hydroxylation is 2. The zero-order valence-electron chi connectivity index (χ0n) is 12.9. The van der Waals surface area contributed by atoms with Crippen LogP contribution in [0, 0.1) is 6.92 Å². The number of benzene rings is 1. The Labute approximate surface area is 128 Å². The van der Waals surface area contributed by atoms with Gasteiger partial charge in [-0.2, -0.15) is 0 Å². The van der Waals surface area contributed by atoms with Gasteiger partial charge in [0.2, 0.25) is 0 Å². The van der Waals surface area contributed by atoms with E-state index in [1.165, 1.54) is 0 Å². The highest BCUT2D eigenvalue weighted by Crippen LogP contribution is 2.51. The van der Waals surface area contributed by atoms with Crippen LogP contribution in [0.15, 0.2) is 6.07 Å². The molecule has 6 heteroatoms. The van der Waals surface area contributed by atoms with E-state index < -0.39 is 5.60 Å². The van der Waals surface area contributed by atoms with Crippen LogP contribution in [0.25, 0.3) is 10.9 Å². The van der Waals surface area contributed by atoms with Crippen LogP contribution < -0.4 is 15.4 Å². The van der Waals surface area contributed by atoms with Crippen molar-refractivity contribution in [3.8, 4) is 5.75 Å². The molecule has 1 aromatic heterocycles. The van der Waals surface area contributed by atoms with Gasteiger partial charge in [0.25, 0.3) is 5.91 Å². The first-order valence-electron chi connectivity index (χ1n) is 7.54. The molecule has 1 amide bonds. The molecular weight excluding hydrogens is 280 g/mol. The fraction of sp³-hybridized carbons (Fsp3) is 0.438. The number of nitrogens with zero attached hydrogens (tertiary/aromatic N) is 3. The Morgan fingerprint density at radius 3 is 2.77 bits per heavy atom. The number of anilines is 2. The predicted octanol–water partition coefficient (Wildman–Crippen LogP) is 1.97. The van der Waals surface area contributed by atoms with Gasteiger partial charge in [0, 0.05) is 31.3 Å². The van der Waals surface area contributed by atoms with E-state index in [1.807, 2.05) is 19.9 Å². The molecule has 0 atom stereocenters. The molecule has 2 aromatic rings. The lowest BCUT2D eigenvalue weighted by Gasteiger charge is -2.34. The van der Waals surface area contributed by atoms with E-state index in [-0.39, 0.29) is 5.91 Å². The third-order valence-electron chi connectivity index (χ3n) is 4.56. The lowest BCUT2D eigenvalue weighted by atomic mass is 10.00. The summed E-state index contributed by atoms with van der Waals surface area (Å²) in [7, 11) is 1.81. The molecule has 1 aliphatic carbocycles. The number of fused-ring (bicyclic) bond motifs is 2. The second-order valence-corrected chi connectivity index (χ2v) is 6.07. The fourth-order valence-corrected chi connectivity index (χ4v) is 3.37. The van der Waals surface area contributed by atoms with Gasteiger partial charge in [0.05, 0.1) is 11.2 Å². The Bertz CT molecular complexity index is 827. The molecular formula is C16H18N4O2. The smallest absolute Gasteiger partial charge is 0.271 e. The minimum Gasteiger partial charge on any atom is -0.475 e. The number of carbonyl (C=O) groups excluding carboxylic acids is 1. The lowest BCUT2D eigenvalue weighted by Crippen LogP contribution is -2.46. The first-order valence-corrected chi connectivity index (χ1v) is 7.54. The second kappa shape index (κ2) is 4.09. The molecule has 2 aliphatic rings. The summed E-state index contributed by atoms with van der Waals surface area (Å²) >= 11 is 0. The van der Waals surface area contributed by atoms with Crippen molar-refractivity contribution < 1.29 is 9.53 Å². The topological polar surface area (TPSA) is 81.3 Å². The Balaban J connectivity index is 2.07. The third-order valence-corrected chi connectivity index (χ3v) is 4.56. The Morgan fingerprint density at radius 1 is 1.41 bits per heavy atom. The van der Waals surface area contributed by atoms with Crippen molar-refractivity contribution in [1.29, 1.82) is 0 Å². The van der Waals surface area contributed by atoms with Gasteiger partial charge in [-0.1, -0.05) is 6.92 Å². The van der Waals surface area contributed by atoms with Crippen molar-refractivity contribution in [2.75, 3.05) is 17.7 Å². The van der Waals surface area contributed by atoms with Crippen LogP contribution in [0.5, 0.6) is 5.75 Å². The number of hydrogen-bond donors (Lipinski definition) is 1. The normalized spacial score (nSPS) is 18.5. The van der Waals surface area contributed by atoms with E-state index in [2.05, 4.69) is 9.97 Å². The van der Waals surface area contributed by atoms with Gasteiger partial charge < -0.3 is 15.4 Å². The average Bonchev–Trinajstić information content (AvgIpc) is 3.23. The number of nitrogen functional groups attached to an aromatic ring is 1. The molecule has 1 fully saturated rings. The van der Waals surface area contributed by atoms with Crippen LogP contribution in [0.4, 0.5) is 11.5 Å². The molecule has 6 nitrogen and oxygen atoms in total. The zero-order chi connectivity index (χ0) is 15.6. The molecule has 1 spiro atoms. The number of amides is 1.